The second kappa shape index (κ2) is 9.48. The van der Waals surface area contributed by atoms with Gasteiger partial charge >= 0.3 is 0 Å². The van der Waals surface area contributed by atoms with Crippen molar-refractivity contribution < 1.29 is 13.2 Å². The van der Waals surface area contributed by atoms with Crippen LogP contribution in [-0.4, -0.2) is 52.5 Å². The van der Waals surface area contributed by atoms with E-state index in [9.17, 15) is 13.2 Å². The standard InChI is InChI=1S/C19H31N3O3S/c1-15(2)14-21-26(24,25)18-6-4-17(5-7-18)19(23)22-12-9-16(10-13-22)8-11-20-3/h4-7,15-16,20-21H,8-14H2,1-3H3. The summed E-state index contributed by atoms with van der Waals surface area (Å²) in [5.74, 6) is 0.892. The third kappa shape index (κ3) is 5.79. The number of nitrogens with one attached hydrogen (secondary N) is 2. The normalized spacial score (nSPS) is 16.2. The van der Waals surface area contributed by atoms with Crippen LogP contribution in [0.5, 0.6) is 0 Å². The van der Waals surface area contributed by atoms with Crippen LogP contribution in [0.4, 0.5) is 0 Å². The molecule has 2 rings (SSSR count). The Hall–Kier alpha value is -1.44. The van der Waals surface area contributed by atoms with Crippen LogP contribution in [0.2, 0.25) is 0 Å². The Morgan fingerprint density at radius 3 is 2.35 bits per heavy atom. The Kier molecular flexibility index (Phi) is 7.61. The monoisotopic (exact) mass is 381 g/mol. The number of carbonyl (C=O) groups excluding carboxylic acids is 1. The zero-order chi connectivity index (χ0) is 19.2. The van der Waals surface area contributed by atoms with Crippen LogP contribution in [-0.2, 0) is 10.0 Å². The zero-order valence-corrected chi connectivity index (χ0v) is 16.8. The van der Waals surface area contributed by atoms with Gasteiger partial charge < -0.3 is 10.2 Å². The van der Waals surface area contributed by atoms with E-state index in [-0.39, 0.29) is 16.7 Å². The number of amides is 1. The van der Waals surface area contributed by atoms with E-state index in [2.05, 4.69) is 10.0 Å². The molecule has 1 heterocycles. The minimum absolute atomic E-state index is 0.0174. The van der Waals surface area contributed by atoms with Crippen LogP contribution in [0.15, 0.2) is 29.2 Å². The third-order valence-electron chi connectivity index (χ3n) is 4.80. The summed E-state index contributed by atoms with van der Waals surface area (Å²) in [5.41, 5.74) is 0.543. The Labute approximate surface area is 157 Å². The lowest BCUT2D eigenvalue weighted by molar-refractivity contribution is 0.0687. The molecule has 0 aromatic heterocycles. The molecule has 6 nitrogen and oxygen atoms in total. The molecule has 0 aliphatic carbocycles. The molecule has 146 valence electrons. The Morgan fingerprint density at radius 2 is 1.81 bits per heavy atom. The molecule has 1 amide bonds. The van der Waals surface area contributed by atoms with Crippen LogP contribution >= 0.6 is 0 Å². The van der Waals surface area contributed by atoms with Crippen LogP contribution in [0, 0.1) is 11.8 Å². The molecular formula is C19H31N3O3S. The number of carbonyl (C=O) groups is 1. The summed E-state index contributed by atoms with van der Waals surface area (Å²) in [5, 5.41) is 3.17. The predicted octanol–water partition coefficient (Wildman–Crippen LogP) is 2.08. The maximum atomic E-state index is 12.6. The second-order valence-corrected chi connectivity index (χ2v) is 9.16. The van der Waals surface area contributed by atoms with Crippen LogP contribution < -0.4 is 10.0 Å². The summed E-state index contributed by atoms with van der Waals surface area (Å²) in [6.07, 6.45) is 3.20. The Bertz CT molecular complexity index is 678. The zero-order valence-electron chi connectivity index (χ0n) is 16.0. The van der Waals surface area contributed by atoms with Crippen molar-refractivity contribution in [2.24, 2.45) is 11.8 Å². The smallest absolute Gasteiger partial charge is 0.253 e. The molecule has 7 heteroatoms. The maximum absolute atomic E-state index is 12.6. The van der Waals surface area contributed by atoms with E-state index in [4.69, 9.17) is 0 Å². The lowest BCUT2D eigenvalue weighted by Gasteiger charge is -2.32. The van der Waals surface area contributed by atoms with Gasteiger partial charge in [0.05, 0.1) is 4.90 Å². The van der Waals surface area contributed by atoms with Gasteiger partial charge in [-0.05, 0) is 69.0 Å². The number of likely N-dealkylation sites (tertiary alicyclic amines) is 1. The number of piperidine rings is 1. The van der Waals surface area contributed by atoms with Crippen LogP contribution in [0.25, 0.3) is 0 Å². The fourth-order valence-electron chi connectivity index (χ4n) is 3.09. The molecule has 1 aliphatic heterocycles. The molecule has 1 saturated heterocycles. The van der Waals surface area contributed by atoms with Crippen molar-refractivity contribution in [3.63, 3.8) is 0 Å². The summed E-state index contributed by atoms with van der Waals surface area (Å²) < 4.78 is 27.0. The molecule has 0 bridgehead atoms. The highest BCUT2D eigenvalue weighted by Gasteiger charge is 2.24. The van der Waals surface area contributed by atoms with Gasteiger partial charge in [-0.3, -0.25) is 4.79 Å². The second-order valence-electron chi connectivity index (χ2n) is 7.40. The molecule has 0 atom stereocenters. The fraction of sp³-hybridized carbons (Fsp3) is 0.632. The number of benzene rings is 1. The van der Waals surface area contributed by atoms with E-state index >= 15 is 0 Å². The van der Waals surface area contributed by atoms with E-state index in [0.29, 0.717) is 18.0 Å². The van der Waals surface area contributed by atoms with Crippen molar-refractivity contribution in [3.8, 4) is 0 Å². The first-order valence-corrected chi connectivity index (χ1v) is 10.9. The lowest BCUT2D eigenvalue weighted by Crippen LogP contribution is -2.39. The first kappa shape index (κ1) is 20.9. The molecule has 26 heavy (non-hydrogen) atoms. The van der Waals surface area contributed by atoms with E-state index in [1.807, 2.05) is 25.8 Å². The molecule has 0 saturated carbocycles. The predicted molar refractivity (Wildman–Crippen MR) is 104 cm³/mol. The van der Waals surface area contributed by atoms with Crippen molar-refractivity contribution in [3.05, 3.63) is 29.8 Å². The molecule has 1 aliphatic rings. The number of sulfonamides is 1. The van der Waals surface area contributed by atoms with Crippen molar-refractivity contribution in [1.82, 2.24) is 14.9 Å². The number of hydrogen-bond acceptors (Lipinski definition) is 4. The van der Waals surface area contributed by atoms with E-state index < -0.39 is 10.0 Å². The first-order chi connectivity index (χ1) is 12.3. The molecule has 0 spiro atoms. The first-order valence-electron chi connectivity index (χ1n) is 9.37. The molecule has 0 unspecified atom stereocenters. The van der Waals surface area contributed by atoms with Gasteiger partial charge in [-0.2, -0.15) is 0 Å². The van der Waals surface area contributed by atoms with E-state index in [1.54, 1.807) is 12.1 Å². The number of hydrogen-bond donors (Lipinski definition) is 2. The van der Waals surface area contributed by atoms with Gasteiger partial charge in [0.15, 0.2) is 0 Å². The van der Waals surface area contributed by atoms with Gasteiger partial charge in [0.2, 0.25) is 10.0 Å². The number of rotatable bonds is 8. The molecular weight excluding hydrogens is 350 g/mol. The van der Waals surface area contributed by atoms with E-state index in [1.165, 1.54) is 12.1 Å². The highest BCUT2D eigenvalue weighted by atomic mass is 32.2. The van der Waals surface area contributed by atoms with Crippen molar-refractivity contribution >= 4 is 15.9 Å². The number of nitrogens with zero attached hydrogens (tertiary/aromatic N) is 1. The highest BCUT2D eigenvalue weighted by Crippen LogP contribution is 2.22. The molecule has 1 aromatic rings. The molecule has 2 N–H and O–H groups in total. The van der Waals surface area contributed by atoms with Gasteiger partial charge in [-0.25, -0.2) is 13.1 Å². The van der Waals surface area contributed by atoms with Crippen molar-refractivity contribution in [2.45, 2.75) is 38.0 Å². The van der Waals surface area contributed by atoms with Gasteiger partial charge in [-0.15, -0.1) is 0 Å². The van der Waals surface area contributed by atoms with Crippen LogP contribution in [0.3, 0.4) is 0 Å². The minimum Gasteiger partial charge on any atom is -0.339 e. The SMILES string of the molecule is CNCCC1CCN(C(=O)c2ccc(S(=O)(=O)NCC(C)C)cc2)CC1. The van der Waals surface area contributed by atoms with Gasteiger partial charge in [0.1, 0.15) is 0 Å². The average Bonchev–Trinajstić information content (AvgIpc) is 2.65. The third-order valence-corrected chi connectivity index (χ3v) is 6.24. The van der Waals surface area contributed by atoms with Crippen LogP contribution in [0.1, 0.15) is 43.5 Å². The topological polar surface area (TPSA) is 78.5 Å². The summed E-state index contributed by atoms with van der Waals surface area (Å²) in [7, 11) is -1.56. The van der Waals surface area contributed by atoms with Gasteiger partial charge in [0.25, 0.3) is 5.91 Å². The molecule has 1 aromatic carbocycles. The maximum Gasteiger partial charge on any atom is 0.253 e. The largest absolute Gasteiger partial charge is 0.339 e. The Balaban J connectivity index is 1.95. The molecule has 0 radical (unpaired) electrons. The summed E-state index contributed by atoms with van der Waals surface area (Å²) >= 11 is 0. The van der Waals surface area contributed by atoms with E-state index in [0.717, 1.165) is 38.9 Å². The lowest BCUT2D eigenvalue weighted by atomic mass is 9.93. The van der Waals surface area contributed by atoms with Crippen molar-refractivity contribution in [1.29, 1.82) is 0 Å². The van der Waals surface area contributed by atoms with Gasteiger partial charge in [0, 0.05) is 25.2 Å². The fourth-order valence-corrected chi connectivity index (χ4v) is 4.31. The quantitative estimate of drug-likeness (QED) is 0.723. The summed E-state index contributed by atoms with van der Waals surface area (Å²) in [6, 6.07) is 6.24. The average molecular weight is 382 g/mol. The molecule has 1 fully saturated rings. The highest BCUT2D eigenvalue weighted by molar-refractivity contribution is 7.89. The minimum atomic E-state index is -3.52. The summed E-state index contributed by atoms with van der Waals surface area (Å²) in [6.45, 7) is 6.84. The van der Waals surface area contributed by atoms with Crippen molar-refractivity contribution in [2.75, 3.05) is 33.2 Å². The Morgan fingerprint density at radius 1 is 1.19 bits per heavy atom. The van der Waals surface area contributed by atoms with Gasteiger partial charge in [-0.1, -0.05) is 13.8 Å². The summed E-state index contributed by atoms with van der Waals surface area (Å²) in [4.78, 5) is 14.7.